The lowest BCUT2D eigenvalue weighted by Crippen LogP contribution is -2.30. The minimum absolute atomic E-state index is 0.222. The van der Waals surface area contributed by atoms with Crippen LogP contribution in [0.5, 0.6) is 0 Å². The van der Waals surface area contributed by atoms with E-state index in [2.05, 4.69) is 50.8 Å². The van der Waals surface area contributed by atoms with Crippen LogP contribution in [0.25, 0.3) is 0 Å². The van der Waals surface area contributed by atoms with Crippen molar-refractivity contribution in [3.05, 3.63) is 28.8 Å². The van der Waals surface area contributed by atoms with Gasteiger partial charge in [0.05, 0.1) is 10.7 Å². The standard InChI is InChI=1S/C15H25ClN2/c1-5-13(17)9-12-7-8-15(14(16)10-12)18(6-2)11(3)4/h7-8,10-11,13H,5-6,9,17H2,1-4H3. The molecule has 0 fully saturated rings. The predicted molar refractivity (Wildman–Crippen MR) is 81.6 cm³/mol. The monoisotopic (exact) mass is 268 g/mol. The molecule has 3 heteroatoms. The molecule has 1 atom stereocenters. The number of benzene rings is 1. The van der Waals surface area contributed by atoms with Crippen LogP contribution < -0.4 is 10.6 Å². The normalized spacial score (nSPS) is 12.8. The highest BCUT2D eigenvalue weighted by Crippen LogP contribution is 2.28. The minimum atomic E-state index is 0.222. The van der Waals surface area contributed by atoms with Gasteiger partial charge in [0.2, 0.25) is 0 Å². The molecule has 0 bridgehead atoms. The Bertz CT molecular complexity index is 377. The van der Waals surface area contributed by atoms with Crippen molar-refractivity contribution >= 4 is 17.3 Å². The van der Waals surface area contributed by atoms with Gasteiger partial charge in [0.15, 0.2) is 0 Å². The van der Waals surface area contributed by atoms with Gasteiger partial charge in [-0.2, -0.15) is 0 Å². The number of nitrogens with zero attached hydrogens (tertiary/aromatic N) is 1. The van der Waals surface area contributed by atoms with Crippen molar-refractivity contribution in [2.45, 2.75) is 52.6 Å². The van der Waals surface area contributed by atoms with Crippen molar-refractivity contribution in [1.29, 1.82) is 0 Å². The molecule has 0 saturated heterocycles. The zero-order valence-corrected chi connectivity index (χ0v) is 12.7. The summed E-state index contributed by atoms with van der Waals surface area (Å²) >= 11 is 6.39. The summed E-state index contributed by atoms with van der Waals surface area (Å²) in [4.78, 5) is 2.30. The smallest absolute Gasteiger partial charge is 0.0642 e. The van der Waals surface area contributed by atoms with E-state index in [1.165, 1.54) is 5.56 Å². The first-order valence-corrected chi connectivity index (χ1v) is 7.18. The number of nitrogens with two attached hydrogens (primary N) is 1. The van der Waals surface area contributed by atoms with Gasteiger partial charge < -0.3 is 10.6 Å². The first kappa shape index (κ1) is 15.3. The van der Waals surface area contributed by atoms with E-state index in [-0.39, 0.29) is 6.04 Å². The topological polar surface area (TPSA) is 29.3 Å². The summed E-state index contributed by atoms with van der Waals surface area (Å²) in [6.45, 7) is 9.59. The molecule has 1 unspecified atom stereocenters. The molecule has 0 spiro atoms. The Balaban J connectivity index is 2.91. The zero-order valence-electron chi connectivity index (χ0n) is 11.9. The molecule has 0 aromatic heterocycles. The predicted octanol–water partition coefficient (Wildman–Crippen LogP) is 3.85. The van der Waals surface area contributed by atoms with Crippen LogP contribution in [0, 0.1) is 0 Å². The van der Waals surface area contributed by atoms with Crippen LogP contribution >= 0.6 is 11.6 Å². The lowest BCUT2D eigenvalue weighted by molar-refractivity contribution is 0.646. The quantitative estimate of drug-likeness (QED) is 0.849. The maximum Gasteiger partial charge on any atom is 0.0642 e. The molecule has 0 radical (unpaired) electrons. The molecule has 0 aliphatic carbocycles. The Morgan fingerprint density at radius 1 is 1.28 bits per heavy atom. The average molecular weight is 269 g/mol. The number of rotatable bonds is 6. The van der Waals surface area contributed by atoms with E-state index in [0.29, 0.717) is 6.04 Å². The molecule has 0 saturated carbocycles. The van der Waals surface area contributed by atoms with Gasteiger partial charge in [0.25, 0.3) is 0 Å². The van der Waals surface area contributed by atoms with Crippen molar-refractivity contribution in [1.82, 2.24) is 0 Å². The number of anilines is 1. The second-order valence-electron chi connectivity index (χ2n) is 5.04. The van der Waals surface area contributed by atoms with E-state index in [9.17, 15) is 0 Å². The van der Waals surface area contributed by atoms with E-state index >= 15 is 0 Å². The summed E-state index contributed by atoms with van der Waals surface area (Å²) in [5, 5.41) is 0.825. The molecule has 18 heavy (non-hydrogen) atoms. The third-order valence-electron chi connectivity index (χ3n) is 3.31. The Hall–Kier alpha value is -0.730. The van der Waals surface area contributed by atoms with Crippen LogP contribution in [0.3, 0.4) is 0 Å². The van der Waals surface area contributed by atoms with E-state index in [4.69, 9.17) is 17.3 Å². The van der Waals surface area contributed by atoms with Gasteiger partial charge in [-0.3, -0.25) is 0 Å². The van der Waals surface area contributed by atoms with E-state index in [0.717, 1.165) is 30.1 Å². The SMILES string of the molecule is CCC(N)Cc1ccc(N(CC)C(C)C)c(Cl)c1. The molecule has 102 valence electrons. The number of hydrogen-bond acceptors (Lipinski definition) is 2. The molecular formula is C15H25ClN2. The molecule has 2 N–H and O–H groups in total. The van der Waals surface area contributed by atoms with E-state index in [1.807, 2.05) is 0 Å². The van der Waals surface area contributed by atoms with E-state index in [1.54, 1.807) is 0 Å². The lowest BCUT2D eigenvalue weighted by atomic mass is 10.0. The molecule has 1 aromatic rings. The molecule has 2 nitrogen and oxygen atoms in total. The van der Waals surface area contributed by atoms with Gasteiger partial charge in [-0.15, -0.1) is 0 Å². The summed E-state index contributed by atoms with van der Waals surface area (Å²) in [5.74, 6) is 0. The summed E-state index contributed by atoms with van der Waals surface area (Å²) in [6, 6.07) is 6.98. The van der Waals surface area contributed by atoms with Gasteiger partial charge in [-0.25, -0.2) is 0 Å². The fourth-order valence-corrected chi connectivity index (χ4v) is 2.48. The first-order chi connectivity index (χ1) is 8.49. The van der Waals surface area contributed by atoms with Crippen LogP contribution in [0.15, 0.2) is 18.2 Å². The number of hydrogen-bond donors (Lipinski definition) is 1. The molecule has 0 aliphatic rings. The summed E-state index contributed by atoms with van der Waals surface area (Å²) < 4.78 is 0. The number of halogens is 1. The first-order valence-electron chi connectivity index (χ1n) is 6.80. The molecule has 0 heterocycles. The van der Waals surface area contributed by atoms with Crippen molar-refractivity contribution in [2.24, 2.45) is 5.73 Å². The maximum absolute atomic E-state index is 6.39. The van der Waals surface area contributed by atoms with Crippen molar-refractivity contribution < 1.29 is 0 Å². The molecule has 0 aliphatic heterocycles. The van der Waals surface area contributed by atoms with E-state index < -0.39 is 0 Å². The van der Waals surface area contributed by atoms with Gasteiger partial charge in [-0.05, 0) is 51.3 Å². The maximum atomic E-state index is 6.39. The Kier molecular flexibility index (Phi) is 5.97. The minimum Gasteiger partial charge on any atom is -0.368 e. The summed E-state index contributed by atoms with van der Waals surface area (Å²) in [7, 11) is 0. The van der Waals surface area contributed by atoms with Gasteiger partial charge in [0.1, 0.15) is 0 Å². The molecule has 0 amide bonds. The van der Waals surface area contributed by atoms with Gasteiger partial charge in [0, 0.05) is 18.6 Å². The third kappa shape index (κ3) is 3.89. The highest BCUT2D eigenvalue weighted by Gasteiger charge is 2.12. The van der Waals surface area contributed by atoms with Crippen LogP contribution in [-0.2, 0) is 6.42 Å². The van der Waals surface area contributed by atoms with Crippen LogP contribution in [0.2, 0.25) is 5.02 Å². The Labute approximate surface area is 116 Å². The third-order valence-corrected chi connectivity index (χ3v) is 3.61. The van der Waals surface area contributed by atoms with Gasteiger partial charge >= 0.3 is 0 Å². The lowest BCUT2D eigenvalue weighted by Gasteiger charge is -2.28. The van der Waals surface area contributed by atoms with Crippen molar-refractivity contribution in [3.8, 4) is 0 Å². The van der Waals surface area contributed by atoms with Crippen molar-refractivity contribution in [3.63, 3.8) is 0 Å². The second kappa shape index (κ2) is 7.01. The Morgan fingerprint density at radius 3 is 2.39 bits per heavy atom. The fourth-order valence-electron chi connectivity index (χ4n) is 2.17. The van der Waals surface area contributed by atoms with Crippen LogP contribution in [0.1, 0.15) is 39.7 Å². The molecule has 1 aromatic carbocycles. The van der Waals surface area contributed by atoms with Crippen LogP contribution in [0.4, 0.5) is 5.69 Å². The largest absolute Gasteiger partial charge is 0.368 e. The average Bonchev–Trinajstić information content (AvgIpc) is 2.32. The fraction of sp³-hybridized carbons (Fsp3) is 0.600. The van der Waals surface area contributed by atoms with Gasteiger partial charge in [-0.1, -0.05) is 24.6 Å². The zero-order chi connectivity index (χ0) is 13.7. The summed E-state index contributed by atoms with van der Waals surface area (Å²) in [6.07, 6.45) is 1.89. The molecule has 1 rings (SSSR count). The Morgan fingerprint density at radius 2 is 1.94 bits per heavy atom. The second-order valence-corrected chi connectivity index (χ2v) is 5.45. The molecular weight excluding hydrogens is 244 g/mol. The van der Waals surface area contributed by atoms with Crippen LogP contribution in [-0.4, -0.2) is 18.6 Å². The highest BCUT2D eigenvalue weighted by molar-refractivity contribution is 6.33. The van der Waals surface area contributed by atoms with Crippen molar-refractivity contribution in [2.75, 3.05) is 11.4 Å². The summed E-state index contributed by atoms with van der Waals surface area (Å²) in [5.41, 5.74) is 8.31. The highest BCUT2D eigenvalue weighted by atomic mass is 35.5.